The van der Waals surface area contributed by atoms with Gasteiger partial charge in [0.05, 0.1) is 5.69 Å². The molecule has 4 heteroatoms. The summed E-state index contributed by atoms with van der Waals surface area (Å²) >= 11 is 1.61. The van der Waals surface area contributed by atoms with Crippen LogP contribution >= 0.6 is 11.3 Å². The summed E-state index contributed by atoms with van der Waals surface area (Å²) < 4.78 is 1.99. The molecule has 2 aromatic rings. The van der Waals surface area contributed by atoms with Crippen LogP contribution in [0.25, 0.3) is 10.8 Å². The number of aromatic nitrogens is 3. The predicted molar refractivity (Wildman–Crippen MR) is 49.1 cm³/mol. The highest BCUT2D eigenvalue weighted by molar-refractivity contribution is 7.13. The summed E-state index contributed by atoms with van der Waals surface area (Å²) in [5.41, 5.74) is 1.03. The van der Waals surface area contributed by atoms with Gasteiger partial charge in [0.25, 0.3) is 0 Å². The monoisotopic (exact) mass is 179 g/mol. The first-order valence-corrected chi connectivity index (χ1v) is 4.55. The smallest absolute Gasteiger partial charge is 0.169 e. The lowest BCUT2D eigenvalue weighted by atomic mass is 10.6. The predicted octanol–water partition coefficient (Wildman–Crippen LogP) is 1.85. The van der Waals surface area contributed by atoms with Crippen molar-refractivity contribution in [1.82, 2.24) is 14.5 Å². The quantitative estimate of drug-likeness (QED) is 0.669. The Balaban J connectivity index is 2.54. The molecule has 0 bridgehead atoms. The van der Waals surface area contributed by atoms with Gasteiger partial charge in [-0.15, -0.1) is 11.3 Å². The molecule has 2 rings (SSSR count). The average molecular weight is 179 g/mol. The van der Waals surface area contributed by atoms with Gasteiger partial charge >= 0.3 is 0 Å². The summed E-state index contributed by atoms with van der Waals surface area (Å²) in [6.07, 6.45) is 3.79. The Hall–Kier alpha value is -1.16. The first kappa shape index (κ1) is 7.49. The normalized spacial score (nSPS) is 10.5. The van der Waals surface area contributed by atoms with Crippen molar-refractivity contribution in [2.45, 2.75) is 6.92 Å². The van der Waals surface area contributed by atoms with Crippen molar-refractivity contribution >= 4 is 11.3 Å². The van der Waals surface area contributed by atoms with E-state index in [2.05, 4.69) is 9.97 Å². The summed E-state index contributed by atoms with van der Waals surface area (Å²) in [6.45, 7) is 1.98. The fraction of sp³-hybridized carbons (Fsp3) is 0.250. The standard InChI is InChI=1S/C8H9N3S/c1-6-5-11(2)7(10-6)8-9-3-4-12-8/h3-5H,1-2H3. The second-order valence-electron chi connectivity index (χ2n) is 2.65. The molecular weight excluding hydrogens is 170 g/mol. The third-order valence-corrected chi connectivity index (χ3v) is 2.39. The van der Waals surface area contributed by atoms with Crippen LogP contribution in [0.5, 0.6) is 0 Å². The van der Waals surface area contributed by atoms with Gasteiger partial charge in [-0.2, -0.15) is 0 Å². The molecule has 0 unspecified atom stereocenters. The molecule has 0 amide bonds. The van der Waals surface area contributed by atoms with E-state index in [4.69, 9.17) is 0 Å². The third-order valence-electron chi connectivity index (χ3n) is 1.62. The molecule has 0 fully saturated rings. The number of hydrogen-bond acceptors (Lipinski definition) is 3. The van der Waals surface area contributed by atoms with Crippen molar-refractivity contribution in [3.05, 3.63) is 23.5 Å². The minimum Gasteiger partial charge on any atom is -0.332 e. The van der Waals surface area contributed by atoms with Crippen LogP contribution in [0.3, 0.4) is 0 Å². The van der Waals surface area contributed by atoms with Crippen molar-refractivity contribution in [2.75, 3.05) is 0 Å². The molecule has 0 atom stereocenters. The number of nitrogens with zero attached hydrogens (tertiary/aromatic N) is 3. The van der Waals surface area contributed by atoms with E-state index >= 15 is 0 Å². The van der Waals surface area contributed by atoms with Gasteiger partial charge in [0.1, 0.15) is 0 Å². The Kier molecular flexibility index (Phi) is 1.69. The van der Waals surface area contributed by atoms with Crippen molar-refractivity contribution in [1.29, 1.82) is 0 Å². The maximum atomic E-state index is 4.36. The molecule has 0 spiro atoms. The molecule has 0 aromatic carbocycles. The van der Waals surface area contributed by atoms with Crippen molar-refractivity contribution in [3.8, 4) is 10.8 Å². The lowest BCUT2D eigenvalue weighted by Crippen LogP contribution is -1.89. The zero-order chi connectivity index (χ0) is 8.55. The van der Waals surface area contributed by atoms with Gasteiger partial charge in [0.2, 0.25) is 0 Å². The van der Waals surface area contributed by atoms with Gasteiger partial charge in [-0.25, -0.2) is 9.97 Å². The van der Waals surface area contributed by atoms with Gasteiger partial charge in [-0.3, -0.25) is 0 Å². The fourth-order valence-corrected chi connectivity index (χ4v) is 1.82. The minimum absolute atomic E-state index is 0.947. The van der Waals surface area contributed by atoms with E-state index in [1.165, 1.54) is 0 Å². The third kappa shape index (κ3) is 1.14. The van der Waals surface area contributed by atoms with Crippen molar-refractivity contribution in [3.63, 3.8) is 0 Å². The molecule has 0 aliphatic rings. The van der Waals surface area contributed by atoms with Crippen LogP contribution in [0.1, 0.15) is 5.69 Å². The Bertz CT molecular complexity index is 375. The average Bonchev–Trinajstić information content (AvgIpc) is 2.58. The summed E-state index contributed by atoms with van der Waals surface area (Å²) in [6, 6.07) is 0. The molecule has 12 heavy (non-hydrogen) atoms. The van der Waals surface area contributed by atoms with Gasteiger partial charge in [-0.05, 0) is 6.92 Å². The van der Waals surface area contributed by atoms with E-state index in [1.807, 2.05) is 30.1 Å². The first-order chi connectivity index (χ1) is 5.77. The van der Waals surface area contributed by atoms with E-state index in [1.54, 1.807) is 17.5 Å². The molecule has 2 aromatic heterocycles. The van der Waals surface area contributed by atoms with E-state index in [-0.39, 0.29) is 0 Å². The van der Waals surface area contributed by atoms with E-state index < -0.39 is 0 Å². The van der Waals surface area contributed by atoms with Crippen molar-refractivity contribution < 1.29 is 0 Å². The molecule has 0 aliphatic carbocycles. The maximum Gasteiger partial charge on any atom is 0.169 e. The summed E-state index contributed by atoms with van der Waals surface area (Å²) in [5, 5.41) is 2.94. The Labute approximate surface area is 74.7 Å². The number of imidazole rings is 1. The summed E-state index contributed by atoms with van der Waals surface area (Å²) in [4.78, 5) is 8.56. The fourth-order valence-electron chi connectivity index (χ4n) is 1.15. The maximum absolute atomic E-state index is 4.36. The van der Waals surface area contributed by atoms with Gasteiger partial charge < -0.3 is 4.57 Å². The summed E-state index contributed by atoms with van der Waals surface area (Å²) in [5.74, 6) is 0.947. The lowest BCUT2D eigenvalue weighted by Gasteiger charge is -1.93. The van der Waals surface area contributed by atoms with Crippen LogP contribution in [0.15, 0.2) is 17.8 Å². The molecule has 2 heterocycles. The highest BCUT2D eigenvalue weighted by Gasteiger charge is 2.06. The molecule has 0 aliphatic heterocycles. The van der Waals surface area contributed by atoms with Gasteiger partial charge in [-0.1, -0.05) is 0 Å². The van der Waals surface area contributed by atoms with E-state index in [0.29, 0.717) is 0 Å². The molecule has 3 nitrogen and oxygen atoms in total. The van der Waals surface area contributed by atoms with Crippen LogP contribution < -0.4 is 0 Å². The molecule has 0 radical (unpaired) electrons. The van der Waals surface area contributed by atoms with Crippen LogP contribution in [-0.2, 0) is 7.05 Å². The van der Waals surface area contributed by atoms with E-state index in [0.717, 1.165) is 16.5 Å². The Morgan fingerprint density at radius 1 is 1.50 bits per heavy atom. The first-order valence-electron chi connectivity index (χ1n) is 3.67. The van der Waals surface area contributed by atoms with Gasteiger partial charge in [0, 0.05) is 24.8 Å². The topological polar surface area (TPSA) is 30.7 Å². The van der Waals surface area contributed by atoms with Gasteiger partial charge in [0.15, 0.2) is 10.8 Å². The SMILES string of the molecule is Cc1cn(C)c(-c2nccs2)n1. The number of hydrogen-bond donors (Lipinski definition) is 0. The highest BCUT2D eigenvalue weighted by atomic mass is 32.1. The Morgan fingerprint density at radius 3 is 2.83 bits per heavy atom. The molecule has 62 valence electrons. The van der Waals surface area contributed by atoms with E-state index in [9.17, 15) is 0 Å². The Morgan fingerprint density at radius 2 is 2.33 bits per heavy atom. The van der Waals surface area contributed by atoms with Crippen LogP contribution in [0, 0.1) is 6.92 Å². The molecule has 0 saturated heterocycles. The molecule has 0 saturated carbocycles. The zero-order valence-corrected chi connectivity index (χ0v) is 7.80. The number of rotatable bonds is 1. The molecule has 0 N–H and O–H groups in total. The van der Waals surface area contributed by atoms with Crippen LogP contribution in [0.2, 0.25) is 0 Å². The number of thiazole rings is 1. The zero-order valence-electron chi connectivity index (χ0n) is 6.98. The second-order valence-corrected chi connectivity index (χ2v) is 3.55. The highest BCUT2D eigenvalue weighted by Crippen LogP contribution is 2.19. The van der Waals surface area contributed by atoms with Crippen molar-refractivity contribution in [2.24, 2.45) is 7.05 Å². The minimum atomic E-state index is 0.947. The summed E-state index contributed by atoms with van der Waals surface area (Å²) in [7, 11) is 1.98. The largest absolute Gasteiger partial charge is 0.332 e. The van der Waals surface area contributed by atoms with Crippen LogP contribution in [0.4, 0.5) is 0 Å². The molecular formula is C8H9N3S. The van der Waals surface area contributed by atoms with Crippen LogP contribution in [-0.4, -0.2) is 14.5 Å². The number of aryl methyl sites for hydroxylation is 2. The second kappa shape index (κ2) is 2.71. The lowest BCUT2D eigenvalue weighted by molar-refractivity contribution is 0.922.